The highest BCUT2D eigenvalue weighted by atomic mass is 16.1. The van der Waals surface area contributed by atoms with Crippen LogP contribution in [0.15, 0.2) is 18.3 Å². The lowest BCUT2D eigenvalue weighted by Gasteiger charge is -2.20. The van der Waals surface area contributed by atoms with Crippen LogP contribution < -0.4 is 5.32 Å². The zero-order chi connectivity index (χ0) is 12.1. The molecular weight excluding hydrogens is 212 g/mol. The summed E-state index contributed by atoms with van der Waals surface area (Å²) in [6, 6.07) is 3.74. The van der Waals surface area contributed by atoms with Gasteiger partial charge in [0.1, 0.15) is 0 Å². The Morgan fingerprint density at radius 3 is 2.88 bits per heavy atom. The van der Waals surface area contributed by atoms with Crippen molar-refractivity contribution in [3.05, 3.63) is 24.0 Å². The third kappa shape index (κ3) is 3.84. The van der Waals surface area contributed by atoms with Crippen molar-refractivity contribution in [1.82, 2.24) is 4.98 Å². The summed E-state index contributed by atoms with van der Waals surface area (Å²) >= 11 is 0. The topological polar surface area (TPSA) is 42.0 Å². The Hall–Kier alpha value is -1.38. The molecule has 1 N–H and O–H groups in total. The molecule has 1 aliphatic carbocycles. The minimum atomic E-state index is 0.141. The normalized spacial score (nSPS) is 16.8. The highest BCUT2D eigenvalue weighted by Gasteiger charge is 2.16. The monoisotopic (exact) mass is 232 g/mol. The predicted octanol–water partition coefficient (Wildman–Crippen LogP) is 3.30. The molecule has 0 bridgehead atoms. The number of aromatic nitrogens is 1. The summed E-state index contributed by atoms with van der Waals surface area (Å²) in [5.41, 5.74) is 1.79. The van der Waals surface area contributed by atoms with Gasteiger partial charge in [-0.25, -0.2) is 0 Å². The van der Waals surface area contributed by atoms with Gasteiger partial charge >= 0.3 is 0 Å². The summed E-state index contributed by atoms with van der Waals surface area (Å²) in [4.78, 5) is 16.0. The van der Waals surface area contributed by atoms with E-state index in [4.69, 9.17) is 0 Å². The SMILES string of the molecule is Cc1cc(NC(=O)CC2CCCCC2)ccn1. The lowest BCUT2D eigenvalue weighted by atomic mass is 9.87. The first-order valence-electron chi connectivity index (χ1n) is 6.46. The Morgan fingerprint density at radius 2 is 2.18 bits per heavy atom. The van der Waals surface area contributed by atoms with Crippen LogP contribution in [0.2, 0.25) is 0 Å². The van der Waals surface area contributed by atoms with Gasteiger partial charge in [0.05, 0.1) is 0 Å². The largest absolute Gasteiger partial charge is 0.326 e. The van der Waals surface area contributed by atoms with Gasteiger partial charge in [-0.1, -0.05) is 19.3 Å². The molecule has 1 amide bonds. The number of amides is 1. The number of nitrogens with one attached hydrogen (secondary N) is 1. The number of rotatable bonds is 3. The van der Waals surface area contributed by atoms with E-state index >= 15 is 0 Å². The van der Waals surface area contributed by atoms with Crippen LogP contribution in [0.3, 0.4) is 0 Å². The average Bonchev–Trinajstić information content (AvgIpc) is 2.30. The van der Waals surface area contributed by atoms with Gasteiger partial charge in [-0.3, -0.25) is 9.78 Å². The molecule has 17 heavy (non-hydrogen) atoms. The minimum Gasteiger partial charge on any atom is -0.326 e. The van der Waals surface area contributed by atoms with Crippen molar-refractivity contribution in [2.75, 3.05) is 5.32 Å². The van der Waals surface area contributed by atoms with Crippen LogP contribution in [0.5, 0.6) is 0 Å². The molecule has 92 valence electrons. The van der Waals surface area contributed by atoms with Crippen LogP contribution in [0, 0.1) is 12.8 Å². The third-order valence-electron chi connectivity index (χ3n) is 3.38. The van der Waals surface area contributed by atoms with Gasteiger partial charge in [0.25, 0.3) is 0 Å². The van der Waals surface area contributed by atoms with Gasteiger partial charge < -0.3 is 5.32 Å². The van der Waals surface area contributed by atoms with E-state index in [1.165, 1.54) is 32.1 Å². The minimum absolute atomic E-state index is 0.141. The van der Waals surface area contributed by atoms with E-state index in [-0.39, 0.29) is 5.91 Å². The average molecular weight is 232 g/mol. The van der Waals surface area contributed by atoms with Gasteiger partial charge in [-0.15, -0.1) is 0 Å². The molecule has 0 atom stereocenters. The maximum atomic E-state index is 11.9. The number of carbonyl (C=O) groups excluding carboxylic acids is 1. The molecule has 0 saturated heterocycles. The Morgan fingerprint density at radius 1 is 1.41 bits per heavy atom. The van der Waals surface area contributed by atoms with Crippen molar-refractivity contribution in [1.29, 1.82) is 0 Å². The summed E-state index contributed by atoms with van der Waals surface area (Å²) < 4.78 is 0. The molecule has 1 aromatic heterocycles. The first kappa shape index (κ1) is 12.1. The summed E-state index contributed by atoms with van der Waals surface area (Å²) in [5.74, 6) is 0.731. The van der Waals surface area contributed by atoms with Gasteiger partial charge in [0.2, 0.25) is 5.91 Å². The number of aryl methyl sites for hydroxylation is 1. The Labute approximate surface area is 103 Å². The molecule has 1 heterocycles. The Kier molecular flexibility index (Phi) is 4.13. The second-order valence-electron chi connectivity index (χ2n) is 4.94. The van der Waals surface area contributed by atoms with E-state index in [1.54, 1.807) is 6.20 Å². The lowest BCUT2D eigenvalue weighted by molar-refractivity contribution is -0.117. The maximum absolute atomic E-state index is 11.9. The quantitative estimate of drug-likeness (QED) is 0.868. The maximum Gasteiger partial charge on any atom is 0.224 e. The first-order chi connectivity index (χ1) is 8.24. The van der Waals surface area contributed by atoms with E-state index in [0.717, 1.165) is 11.4 Å². The second kappa shape index (κ2) is 5.80. The van der Waals surface area contributed by atoms with Crippen LogP contribution in [-0.4, -0.2) is 10.9 Å². The van der Waals surface area contributed by atoms with Crippen LogP contribution >= 0.6 is 0 Å². The molecule has 0 aromatic carbocycles. The van der Waals surface area contributed by atoms with Crippen molar-refractivity contribution in [3.63, 3.8) is 0 Å². The van der Waals surface area contributed by atoms with Gasteiger partial charge in [-0.2, -0.15) is 0 Å². The molecule has 1 saturated carbocycles. The molecule has 1 aromatic rings. The molecule has 2 rings (SSSR count). The number of hydrogen-bond donors (Lipinski definition) is 1. The van der Waals surface area contributed by atoms with Gasteiger partial charge in [0.15, 0.2) is 0 Å². The fourth-order valence-corrected chi connectivity index (χ4v) is 2.49. The summed E-state index contributed by atoms with van der Waals surface area (Å²) in [6.45, 7) is 1.93. The molecular formula is C14H20N2O. The number of carbonyl (C=O) groups is 1. The van der Waals surface area contributed by atoms with Crippen molar-refractivity contribution < 1.29 is 4.79 Å². The number of hydrogen-bond acceptors (Lipinski definition) is 2. The molecule has 3 nitrogen and oxygen atoms in total. The molecule has 0 unspecified atom stereocenters. The van der Waals surface area contributed by atoms with Gasteiger partial charge in [-0.05, 0) is 37.8 Å². The smallest absolute Gasteiger partial charge is 0.224 e. The molecule has 3 heteroatoms. The van der Waals surface area contributed by atoms with E-state index in [0.29, 0.717) is 12.3 Å². The van der Waals surface area contributed by atoms with Crippen LogP contribution in [0.4, 0.5) is 5.69 Å². The molecule has 0 spiro atoms. The number of pyridine rings is 1. The zero-order valence-corrected chi connectivity index (χ0v) is 10.4. The van der Waals surface area contributed by atoms with E-state index in [1.807, 2.05) is 19.1 Å². The summed E-state index contributed by atoms with van der Waals surface area (Å²) in [6.07, 6.45) is 8.72. The second-order valence-corrected chi connectivity index (χ2v) is 4.94. The lowest BCUT2D eigenvalue weighted by Crippen LogP contribution is -2.18. The summed E-state index contributed by atoms with van der Waals surface area (Å²) in [7, 11) is 0. The highest BCUT2D eigenvalue weighted by Crippen LogP contribution is 2.26. The summed E-state index contributed by atoms with van der Waals surface area (Å²) in [5, 5.41) is 2.95. The van der Waals surface area contributed by atoms with Crippen molar-refractivity contribution >= 4 is 11.6 Å². The molecule has 0 aliphatic heterocycles. The Balaban J connectivity index is 1.84. The molecule has 1 fully saturated rings. The first-order valence-corrected chi connectivity index (χ1v) is 6.46. The van der Waals surface area contributed by atoms with Crippen LogP contribution in [0.25, 0.3) is 0 Å². The van der Waals surface area contributed by atoms with E-state index < -0.39 is 0 Å². The van der Waals surface area contributed by atoms with E-state index in [2.05, 4.69) is 10.3 Å². The van der Waals surface area contributed by atoms with Crippen LogP contribution in [-0.2, 0) is 4.79 Å². The standard InChI is InChI=1S/C14H20N2O/c1-11-9-13(7-8-15-11)16-14(17)10-12-5-3-2-4-6-12/h7-9,12H,2-6,10H2,1H3,(H,15,16,17). The van der Waals surface area contributed by atoms with Crippen molar-refractivity contribution in [3.8, 4) is 0 Å². The van der Waals surface area contributed by atoms with Gasteiger partial charge in [0, 0.05) is 24.0 Å². The molecule has 1 aliphatic rings. The highest BCUT2D eigenvalue weighted by molar-refractivity contribution is 5.90. The fourth-order valence-electron chi connectivity index (χ4n) is 2.49. The number of nitrogens with zero attached hydrogens (tertiary/aromatic N) is 1. The fraction of sp³-hybridized carbons (Fsp3) is 0.571. The Bertz CT molecular complexity index is 384. The number of anilines is 1. The van der Waals surface area contributed by atoms with Crippen molar-refractivity contribution in [2.24, 2.45) is 5.92 Å². The molecule has 0 radical (unpaired) electrons. The van der Waals surface area contributed by atoms with Crippen molar-refractivity contribution in [2.45, 2.75) is 45.4 Å². The zero-order valence-electron chi connectivity index (χ0n) is 10.4. The third-order valence-corrected chi connectivity index (χ3v) is 3.38. The predicted molar refractivity (Wildman–Crippen MR) is 68.8 cm³/mol. The van der Waals surface area contributed by atoms with Crippen LogP contribution in [0.1, 0.15) is 44.2 Å². The van der Waals surface area contributed by atoms with E-state index in [9.17, 15) is 4.79 Å².